The summed E-state index contributed by atoms with van der Waals surface area (Å²) >= 11 is 0. The maximum atomic E-state index is 10.6. The molecule has 5 aromatic rings. The average Bonchev–Trinajstić information content (AvgIpc) is 3.37. The number of hydrogen-bond acceptors (Lipinski definition) is 2. The van der Waals surface area contributed by atoms with E-state index in [2.05, 4.69) is 138 Å². The van der Waals surface area contributed by atoms with Crippen molar-refractivity contribution in [2.24, 2.45) is 0 Å². The number of para-hydroxylation sites is 3. The Bertz CT molecular complexity index is 1690. The maximum absolute atomic E-state index is 10.6. The molecule has 166 valence electrons. The fourth-order valence-electron chi connectivity index (χ4n) is 6.16. The molecule has 1 aliphatic carbocycles. The van der Waals surface area contributed by atoms with Crippen molar-refractivity contribution in [1.29, 1.82) is 5.26 Å². The van der Waals surface area contributed by atoms with Crippen LogP contribution in [-0.2, 0) is 0 Å². The van der Waals surface area contributed by atoms with Gasteiger partial charge < -0.3 is 9.47 Å². The van der Waals surface area contributed by atoms with Gasteiger partial charge in [-0.15, -0.1) is 0 Å². The van der Waals surface area contributed by atoms with Crippen molar-refractivity contribution in [1.82, 2.24) is 4.57 Å². The maximum Gasteiger partial charge on any atom is 0.104 e. The summed E-state index contributed by atoms with van der Waals surface area (Å²) in [4.78, 5) is 2.36. The summed E-state index contributed by atoms with van der Waals surface area (Å²) in [6, 6.07) is 34.3. The first kappa shape index (κ1) is 19.9. The van der Waals surface area contributed by atoms with Gasteiger partial charge in [0.1, 0.15) is 6.07 Å². The lowest BCUT2D eigenvalue weighted by Gasteiger charge is -2.39. The Morgan fingerprint density at radius 3 is 2.09 bits per heavy atom. The van der Waals surface area contributed by atoms with Gasteiger partial charge in [0.05, 0.1) is 33.5 Å². The number of nitriles is 1. The van der Waals surface area contributed by atoms with E-state index in [0.717, 1.165) is 28.1 Å². The number of allylic oxidation sites excluding steroid dienone is 2. The predicted molar refractivity (Wildman–Crippen MR) is 144 cm³/mol. The zero-order chi connectivity index (χ0) is 23.6. The molecule has 4 aromatic carbocycles. The number of benzene rings is 4. The predicted octanol–water partition coefficient (Wildman–Crippen LogP) is 7.78. The first-order valence-corrected chi connectivity index (χ1v) is 12.0. The first-order valence-electron chi connectivity index (χ1n) is 12.0. The summed E-state index contributed by atoms with van der Waals surface area (Å²) in [6.07, 6.45) is 8.80. The molecule has 3 heteroatoms. The number of aromatic nitrogens is 1. The highest BCUT2D eigenvalue weighted by atomic mass is 15.2. The monoisotopic (exact) mass is 449 g/mol. The molecule has 2 unspecified atom stereocenters. The largest absolute Gasteiger partial charge is 0.330 e. The van der Waals surface area contributed by atoms with E-state index in [1.807, 2.05) is 0 Å². The van der Waals surface area contributed by atoms with E-state index >= 15 is 0 Å². The Morgan fingerprint density at radius 1 is 0.714 bits per heavy atom. The molecular weight excluding hydrogens is 426 g/mol. The number of nitrogens with zero attached hydrogens (tertiary/aromatic N) is 3. The third-order valence-corrected chi connectivity index (χ3v) is 7.67. The molecule has 1 aliphatic heterocycles. The molecule has 3 nitrogen and oxygen atoms in total. The highest BCUT2D eigenvalue weighted by Crippen LogP contribution is 2.54. The summed E-state index contributed by atoms with van der Waals surface area (Å²) in [5.41, 5.74) is 6.89. The van der Waals surface area contributed by atoms with Crippen LogP contribution in [0, 0.1) is 11.3 Å². The lowest BCUT2D eigenvalue weighted by atomic mass is 9.80. The molecule has 0 radical (unpaired) electrons. The van der Waals surface area contributed by atoms with Gasteiger partial charge in [0, 0.05) is 22.4 Å². The molecule has 0 fully saturated rings. The van der Waals surface area contributed by atoms with Gasteiger partial charge in [-0.1, -0.05) is 85.0 Å². The van der Waals surface area contributed by atoms with Crippen LogP contribution >= 0.6 is 0 Å². The molecule has 7 rings (SSSR count). The molecule has 0 N–H and O–H groups in total. The van der Waals surface area contributed by atoms with Gasteiger partial charge in [0.2, 0.25) is 0 Å². The third kappa shape index (κ3) is 2.60. The van der Waals surface area contributed by atoms with E-state index < -0.39 is 0 Å². The van der Waals surface area contributed by atoms with Gasteiger partial charge in [0.15, 0.2) is 0 Å². The fourth-order valence-corrected chi connectivity index (χ4v) is 6.16. The second kappa shape index (κ2) is 7.22. The van der Waals surface area contributed by atoms with Crippen molar-refractivity contribution in [3.05, 3.63) is 126 Å². The molecule has 2 heterocycles. The fraction of sp³-hybridized carbons (Fsp3) is 0.0938. The number of hydrogen-bond donors (Lipinski definition) is 0. The molecule has 2 aliphatic rings. The van der Waals surface area contributed by atoms with Gasteiger partial charge in [-0.3, -0.25) is 0 Å². The smallest absolute Gasteiger partial charge is 0.104 e. The van der Waals surface area contributed by atoms with E-state index in [1.165, 1.54) is 16.3 Å². The lowest BCUT2D eigenvalue weighted by molar-refractivity contribution is 0.542. The second-order valence-electron chi connectivity index (χ2n) is 9.49. The van der Waals surface area contributed by atoms with Crippen LogP contribution < -0.4 is 4.90 Å². The van der Waals surface area contributed by atoms with E-state index in [0.29, 0.717) is 5.56 Å². The Hall–Kier alpha value is -4.55. The summed E-state index contributed by atoms with van der Waals surface area (Å²) in [5.74, 6) is 0.229. The van der Waals surface area contributed by atoms with Crippen LogP contribution in [0.4, 0.5) is 11.4 Å². The Kier molecular flexibility index (Phi) is 4.10. The standard InChI is InChI=1S/C32H23N3/c1-32-20-9-8-14-26(32)24-13-4-7-17-30(24)35(32)31-19-10-18-29(25(31)21-33)34-27-15-5-2-11-22(27)23-12-3-6-16-28(23)34/h2-20,26H,1H3. The second-order valence-corrected chi connectivity index (χ2v) is 9.49. The van der Waals surface area contributed by atoms with Crippen molar-refractivity contribution in [2.75, 3.05) is 4.90 Å². The van der Waals surface area contributed by atoms with Crippen molar-refractivity contribution in [3.63, 3.8) is 0 Å². The van der Waals surface area contributed by atoms with Crippen LogP contribution in [0.15, 0.2) is 115 Å². The minimum absolute atomic E-state index is 0.229. The van der Waals surface area contributed by atoms with Crippen molar-refractivity contribution >= 4 is 33.2 Å². The highest BCUT2D eigenvalue weighted by Gasteiger charge is 2.47. The number of rotatable bonds is 2. The molecule has 2 atom stereocenters. The van der Waals surface area contributed by atoms with E-state index in [4.69, 9.17) is 0 Å². The van der Waals surface area contributed by atoms with E-state index in [-0.39, 0.29) is 11.5 Å². The number of fused-ring (bicyclic) bond motifs is 6. The molecule has 0 spiro atoms. The quantitative estimate of drug-likeness (QED) is 0.276. The van der Waals surface area contributed by atoms with Gasteiger partial charge in [0.25, 0.3) is 0 Å². The van der Waals surface area contributed by atoms with Crippen LogP contribution in [-0.4, -0.2) is 10.1 Å². The van der Waals surface area contributed by atoms with Crippen LogP contribution in [0.25, 0.3) is 27.5 Å². The summed E-state index contributed by atoms with van der Waals surface area (Å²) in [6.45, 7) is 2.27. The van der Waals surface area contributed by atoms with Crippen molar-refractivity contribution in [3.8, 4) is 11.8 Å². The Morgan fingerprint density at radius 2 is 1.34 bits per heavy atom. The van der Waals surface area contributed by atoms with E-state index in [9.17, 15) is 5.26 Å². The van der Waals surface area contributed by atoms with Gasteiger partial charge >= 0.3 is 0 Å². The van der Waals surface area contributed by atoms with Crippen molar-refractivity contribution < 1.29 is 0 Å². The molecular formula is C32H23N3. The molecule has 0 saturated heterocycles. The van der Waals surface area contributed by atoms with Crippen LogP contribution in [0.3, 0.4) is 0 Å². The molecule has 0 amide bonds. The summed E-state index contributed by atoms with van der Waals surface area (Å²) in [7, 11) is 0. The normalized spacial score (nSPS) is 20.2. The molecule has 35 heavy (non-hydrogen) atoms. The minimum atomic E-state index is -0.288. The van der Waals surface area contributed by atoms with Gasteiger partial charge in [-0.2, -0.15) is 5.26 Å². The highest BCUT2D eigenvalue weighted by molar-refractivity contribution is 6.09. The summed E-state index contributed by atoms with van der Waals surface area (Å²) < 4.78 is 2.24. The third-order valence-electron chi connectivity index (χ3n) is 7.67. The van der Waals surface area contributed by atoms with Gasteiger partial charge in [-0.05, 0) is 42.8 Å². The molecule has 0 bridgehead atoms. The van der Waals surface area contributed by atoms with Crippen LogP contribution in [0.5, 0.6) is 0 Å². The van der Waals surface area contributed by atoms with Crippen molar-refractivity contribution in [2.45, 2.75) is 18.4 Å². The topological polar surface area (TPSA) is 32.0 Å². The molecule has 1 aromatic heterocycles. The Balaban J connectivity index is 1.54. The van der Waals surface area contributed by atoms with Crippen LogP contribution in [0.2, 0.25) is 0 Å². The van der Waals surface area contributed by atoms with Crippen LogP contribution in [0.1, 0.15) is 24.0 Å². The van der Waals surface area contributed by atoms with E-state index in [1.54, 1.807) is 0 Å². The minimum Gasteiger partial charge on any atom is -0.330 e. The average molecular weight is 450 g/mol. The summed E-state index contributed by atoms with van der Waals surface area (Å²) in [5, 5.41) is 13.0. The SMILES string of the molecule is CC12C=CC=CC1c1ccccc1N2c1cccc(-n2c3ccccc3c3ccccc32)c1C#N. The Labute approximate surface area is 204 Å². The zero-order valence-electron chi connectivity index (χ0n) is 19.4. The zero-order valence-corrected chi connectivity index (χ0v) is 19.4. The lowest BCUT2D eigenvalue weighted by Crippen LogP contribution is -2.42. The number of anilines is 2. The van der Waals surface area contributed by atoms with Gasteiger partial charge in [-0.25, -0.2) is 0 Å². The molecule has 0 saturated carbocycles. The first-order chi connectivity index (χ1) is 17.2.